The van der Waals surface area contributed by atoms with Crippen molar-refractivity contribution in [2.45, 2.75) is 44.7 Å². The van der Waals surface area contributed by atoms with Crippen LogP contribution in [0.5, 0.6) is 0 Å². The topological polar surface area (TPSA) is 159 Å². The van der Waals surface area contributed by atoms with Crippen LogP contribution in [0.15, 0.2) is 78.8 Å². The van der Waals surface area contributed by atoms with Crippen LogP contribution >= 0.6 is 28.3 Å². The number of esters is 1. The Bertz CT molecular complexity index is 2060. The molecule has 0 saturated carbocycles. The summed E-state index contributed by atoms with van der Waals surface area (Å²) in [4.78, 5) is 35.1. The van der Waals surface area contributed by atoms with Crippen molar-refractivity contribution in [1.29, 1.82) is 5.26 Å². The van der Waals surface area contributed by atoms with Gasteiger partial charge in [-0.3, -0.25) is 9.69 Å². The Hall–Kier alpha value is -4.67. The highest BCUT2D eigenvalue weighted by atomic mass is 79.9. The van der Waals surface area contributed by atoms with Gasteiger partial charge in [-0.1, -0.05) is 25.1 Å². The number of carbonyl (C=O) groups excluding carboxylic acids is 2. The fourth-order valence-corrected chi connectivity index (χ4v) is 6.22. The van der Waals surface area contributed by atoms with Crippen LogP contribution in [0.4, 0.5) is 19.4 Å². The third-order valence-electron chi connectivity index (χ3n) is 8.18. The monoisotopic (exact) mass is 876 g/mol. The van der Waals surface area contributed by atoms with E-state index in [1.54, 1.807) is 62.7 Å². The standard InChI is InChI=1S/C35H35F2N8O5S.2BrH/c1-22(33-42-30(18-51-33)25-9-7-24(15-38)8-10-25)35(48,28-14-27(36)11-12-29(28)37)19-45-21-44(20-41-45)23(2)50-34(47)43(4)32-26(6-5-13-40-32)17-49-31(46)16-39-3;;/h5-14,18,20-23,39,48H,16-17,19H2,1-4H3;2*1H/q+1;;/p-1/t22-,23+,35+;;/m0../s1. The van der Waals surface area contributed by atoms with Crippen LogP contribution in [0.3, 0.4) is 0 Å². The van der Waals surface area contributed by atoms with E-state index < -0.39 is 41.4 Å². The molecule has 3 atom stereocenters. The lowest BCUT2D eigenvalue weighted by Gasteiger charge is -2.32. The SMILES string of the molecule is Br.CNCC(=O)OCc1cccnc1N(C)C(=O)O[C@H](C)[n+]1cnn(C[C@](O)(c2cc(F)ccc2F)[C@@H](C)c2nc(-c3ccc(C#N)cc3)cs2)c1.[Br-]. The Balaban J connectivity index is 0.00000378. The van der Waals surface area contributed by atoms with Gasteiger partial charge in [0.1, 0.15) is 36.2 Å². The average Bonchev–Trinajstić information content (AvgIpc) is 3.82. The summed E-state index contributed by atoms with van der Waals surface area (Å²) in [7, 11) is 3.08. The highest BCUT2D eigenvalue weighted by molar-refractivity contribution is 8.93. The Labute approximate surface area is 329 Å². The minimum absolute atomic E-state index is 0. The lowest BCUT2D eigenvalue weighted by Crippen LogP contribution is -3.00. The summed E-state index contributed by atoms with van der Waals surface area (Å²) in [6.07, 6.45) is 2.65. The van der Waals surface area contributed by atoms with Gasteiger partial charge in [0.2, 0.25) is 12.6 Å². The van der Waals surface area contributed by atoms with E-state index in [1.807, 2.05) is 0 Å². The van der Waals surface area contributed by atoms with Crippen molar-refractivity contribution in [1.82, 2.24) is 25.1 Å². The summed E-state index contributed by atoms with van der Waals surface area (Å²) >= 11 is 1.25. The first-order valence-corrected chi connectivity index (χ1v) is 16.6. The second-order valence-electron chi connectivity index (χ2n) is 11.6. The third-order valence-corrected chi connectivity index (χ3v) is 9.20. The summed E-state index contributed by atoms with van der Waals surface area (Å²) < 4.78 is 43.5. The van der Waals surface area contributed by atoms with E-state index in [0.29, 0.717) is 21.8 Å². The molecule has 2 N–H and O–H groups in total. The number of carbonyl (C=O) groups is 2. The Morgan fingerprint density at radius 3 is 2.62 bits per heavy atom. The maximum atomic E-state index is 15.3. The van der Waals surface area contributed by atoms with Crippen molar-refractivity contribution in [3.8, 4) is 17.3 Å². The van der Waals surface area contributed by atoms with Gasteiger partial charge in [-0.05, 0) is 43.4 Å². The number of anilines is 1. The number of nitrogens with zero attached hydrogens (tertiary/aromatic N) is 7. The third kappa shape index (κ3) is 10.1. The van der Waals surface area contributed by atoms with Gasteiger partial charge in [0.15, 0.2) is 0 Å². The number of benzene rings is 2. The molecular formula is C35H36Br2F2N8O5S. The first kappa shape index (κ1) is 42.7. The smallest absolute Gasteiger partial charge is 0.418 e. The second-order valence-corrected chi connectivity index (χ2v) is 12.5. The summed E-state index contributed by atoms with van der Waals surface area (Å²) in [5, 5.41) is 30.6. The number of amides is 1. The molecule has 0 saturated heterocycles. The van der Waals surface area contributed by atoms with Crippen LogP contribution < -0.4 is 31.8 Å². The molecule has 13 nitrogen and oxygen atoms in total. The van der Waals surface area contributed by atoms with Crippen LogP contribution in [0.2, 0.25) is 0 Å². The van der Waals surface area contributed by atoms with E-state index in [1.165, 1.54) is 51.4 Å². The summed E-state index contributed by atoms with van der Waals surface area (Å²) in [5.41, 5.74) is 0.000750. The number of pyridine rings is 1. The van der Waals surface area contributed by atoms with E-state index in [4.69, 9.17) is 19.7 Å². The molecular weight excluding hydrogens is 842 g/mol. The van der Waals surface area contributed by atoms with Crippen LogP contribution in [-0.2, 0) is 33.0 Å². The normalized spacial score (nSPS) is 12.9. The number of aromatic nitrogens is 5. The molecule has 0 aliphatic carbocycles. The van der Waals surface area contributed by atoms with Crippen LogP contribution in [-0.4, -0.2) is 57.6 Å². The van der Waals surface area contributed by atoms with Gasteiger partial charge in [-0.2, -0.15) is 9.83 Å². The Morgan fingerprint density at radius 1 is 1.19 bits per heavy atom. The van der Waals surface area contributed by atoms with Gasteiger partial charge in [0, 0.05) is 53.3 Å². The zero-order valence-corrected chi connectivity index (χ0v) is 33.1. The van der Waals surface area contributed by atoms with Gasteiger partial charge in [-0.25, -0.2) is 23.5 Å². The molecule has 0 aliphatic heterocycles. The van der Waals surface area contributed by atoms with Gasteiger partial charge in [-0.15, -0.1) is 33.0 Å². The van der Waals surface area contributed by atoms with Gasteiger partial charge in [0.25, 0.3) is 6.33 Å². The van der Waals surface area contributed by atoms with Crippen LogP contribution in [0.25, 0.3) is 11.3 Å². The van der Waals surface area contributed by atoms with Gasteiger partial charge in [0.05, 0.1) is 28.9 Å². The highest BCUT2D eigenvalue weighted by Crippen LogP contribution is 2.41. The molecule has 53 heavy (non-hydrogen) atoms. The van der Waals surface area contributed by atoms with Crippen molar-refractivity contribution in [3.63, 3.8) is 0 Å². The molecule has 0 aliphatic rings. The first-order chi connectivity index (χ1) is 24.4. The lowest BCUT2D eigenvalue weighted by atomic mass is 9.82. The molecule has 0 spiro atoms. The molecule has 0 radical (unpaired) electrons. The zero-order chi connectivity index (χ0) is 36.7. The molecule has 5 rings (SSSR count). The summed E-state index contributed by atoms with van der Waals surface area (Å²) in [6.45, 7) is 2.85. The maximum absolute atomic E-state index is 15.3. The average molecular weight is 879 g/mol. The number of halogens is 4. The quantitative estimate of drug-likeness (QED) is 0.133. The number of nitrogens with one attached hydrogen (secondary N) is 1. The molecule has 1 amide bonds. The number of aliphatic hydroxyl groups is 1. The fraction of sp³-hybridized carbons (Fsp3) is 0.286. The second kappa shape index (κ2) is 18.9. The molecule has 3 aromatic heterocycles. The molecule has 0 bridgehead atoms. The van der Waals surface area contributed by atoms with E-state index in [9.17, 15) is 19.1 Å². The van der Waals surface area contributed by atoms with Crippen molar-refractivity contribution in [2.24, 2.45) is 0 Å². The number of rotatable bonds is 13. The number of hydrogen-bond donors (Lipinski definition) is 2. The van der Waals surface area contributed by atoms with Gasteiger partial charge < -0.3 is 36.9 Å². The zero-order valence-electron chi connectivity index (χ0n) is 28.9. The number of thiazole rings is 1. The number of ether oxygens (including phenoxy) is 2. The lowest BCUT2D eigenvalue weighted by molar-refractivity contribution is -0.753. The summed E-state index contributed by atoms with van der Waals surface area (Å²) in [5.74, 6) is -2.64. The predicted molar refractivity (Wildman–Crippen MR) is 191 cm³/mol. The van der Waals surface area contributed by atoms with Gasteiger partial charge >= 0.3 is 12.1 Å². The molecule has 5 aromatic rings. The molecule has 0 fully saturated rings. The largest absolute Gasteiger partial charge is 1.00 e. The van der Waals surface area contributed by atoms with E-state index in [0.717, 1.165) is 23.8 Å². The van der Waals surface area contributed by atoms with Crippen molar-refractivity contribution >= 4 is 46.2 Å². The van der Waals surface area contributed by atoms with E-state index >= 15 is 4.39 Å². The minimum Gasteiger partial charge on any atom is -1.00 e. The Kier molecular flexibility index (Phi) is 15.2. The van der Waals surface area contributed by atoms with E-state index in [-0.39, 0.29) is 65.0 Å². The van der Waals surface area contributed by atoms with E-state index in [2.05, 4.69) is 21.5 Å². The molecule has 280 valence electrons. The first-order valence-electron chi connectivity index (χ1n) is 15.7. The minimum atomic E-state index is -2.04. The number of nitriles is 1. The maximum Gasteiger partial charge on any atom is 0.418 e. The van der Waals surface area contributed by atoms with Crippen molar-refractivity contribution in [3.05, 3.63) is 112 Å². The van der Waals surface area contributed by atoms with Crippen LogP contribution in [0, 0.1) is 23.0 Å². The Morgan fingerprint density at radius 2 is 1.92 bits per heavy atom. The van der Waals surface area contributed by atoms with Crippen molar-refractivity contribution in [2.75, 3.05) is 25.5 Å². The molecule has 3 heterocycles. The molecule has 18 heteroatoms. The van der Waals surface area contributed by atoms with Crippen LogP contribution in [0.1, 0.15) is 47.7 Å². The number of hydrogen-bond acceptors (Lipinski definition) is 11. The molecule has 0 unspecified atom stereocenters. The fourth-order valence-electron chi connectivity index (χ4n) is 5.25. The van der Waals surface area contributed by atoms with Crippen molar-refractivity contribution < 1.29 is 54.5 Å². The predicted octanol–water partition coefficient (Wildman–Crippen LogP) is 2.17. The number of likely N-dealkylation sites (N-methyl/N-ethyl adjacent to an activating group) is 1. The highest BCUT2D eigenvalue weighted by Gasteiger charge is 2.43. The summed E-state index contributed by atoms with van der Waals surface area (Å²) in [6, 6.07) is 15.1. The molecule has 2 aromatic carbocycles.